The third-order valence-electron chi connectivity index (χ3n) is 4.16. The van der Waals surface area contributed by atoms with E-state index in [0.29, 0.717) is 31.3 Å². The van der Waals surface area contributed by atoms with Crippen LogP contribution in [0.5, 0.6) is 0 Å². The van der Waals surface area contributed by atoms with Gasteiger partial charge in [-0.15, -0.1) is 0 Å². The van der Waals surface area contributed by atoms with Gasteiger partial charge >= 0.3 is 6.03 Å². The van der Waals surface area contributed by atoms with Crippen LogP contribution in [0.1, 0.15) is 49.6 Å². The molecule has 0 saturated carbocycles. The normalized spacial score (nSPS) is 20.0. The van der Waals surface area contributed by atoms with Gasteiger partial charge in [0.05, 0.1) is 6.04 Å². The van der Waals surface area contributed by atoms with Crippen LogP contribution < -0.4 is 10.6 Å². The van der Waals surface area contributed by atoms with Gasteiger partial charge in [0.2, 0.25) is 5.89 Å². The maximum atomic E-state index is 12.1. The highest BCUT2D eigenvalue weighted by Gasteiger charge is 2.30. The lowest BCUT2D eigenvalue weighted by Gasteiger charge is -2.20. The molecule has 0 radical (unpaired) electrons. The number of hydrogen-bond acceptors (Lipinski definition) is 5. The molecule has 0 spiro atoms. The first-order valence-electron chi connectivity index (χ1n) is 8.67. The summed E-state index contributed by atoms with van der Waals surface area (Å²) in [6, 6.07) is 9.72. The maximum absolute atomic E-state index is 12.1. The van der Waals surface area contributed by atoms with Crippen molar-refractivity contribution in [1.29, 1.82) is 0 Å². The van der Waals surface area contributed by atoms with E-state index in [2.05, 4.69) is 20.8 Å². The van der Waals surface area contributed by atoms with E-state index < -0.39 is 0 Å². The van der Waals surface area contributed by atoms with Gasteiger partial charge in [-0.1, -0.05) is 49.3 Å². The summed E-state index contributed by atoms with van der Waals surface area (Å²) >= 11 is 0. The number of nitrogens with one attached hydrogen (secondary N) is 2. The standard InChI is InChI=1S/C18H24N4O3/c1-12(2)17-21-15(25-22-17)8-10-19-18(23)20-14-9-11-24-16(14)13-6-4-3-5-7-13/h3-7,12,14,16H,8-11H2,1-2H3,(H2,19,20,23)/t14-,16-/m1/s1. The van der Waals surface area contributed by atoms with E-state index in [9.17, 15) is 4.79 Å². The Morgan fingerprint density at radius 2 is 2.12 bits per heavy atom. The number of amides is 2. The number of hydrogen-bond donors (Lipinski definition) is 2. The molecule has 2 aromatic rings. The molecule has 7 nitrogen and oxygen atoms in total. The molecule has 25 heavy (non-hydrogen) atoms. The van der Waals surface area contributed by atoms with Crippen LogP contribution in [0.15, 0.2) is 34.9 Å². The van der Waals surface area contributed by atoms with Crippen LogP contribution in [-0.2, 0) is 11.2 Å². The van der Waals surface area contributed by atoms with Crippen LogP contribution in [0.3, 0.4) is 0 Å². The van der Waals surface area contributed by atoms with E-state index in [0.717, 1.165) is 12.0 Å². The number of carbonyl (C=O) groups excluding carboxylic acids is 1. The number of benzene rings is 1. The van der Waals surface area contributed by atoms with Crippen molar-refractivity contribution in [3.63, 3.8) is 0 Å². The Kier molecular flexibility index (Phi) is 5.65. The van der Waals surface area contributed by atoms with Gasteiger partial charge in [0.25, 0.3) is 0 Å². The van der Waals surface area contributed by atoms with E-state index in [1.165, 1.54) is 0 Å². The van der Waals surface area contributed by atoms with Gasteiger partial charge in [-0.05, 0) is 12.0 Å². The molecule has 2 N–H and O–H groups in total. The second-order valence-corrected chi connectivity index (χ2v) is 6.45. The van der Waals surface area contributed by atoms with Gasteiger partial charge in [0.1, 0.15) is 6.10 Å². The van der Waals surface area contributed by atoms with E-state index in [-0.39, 0.29) is 24.1 Å². The molecule has 2 heterocycles. The summed E-state index contributed by atoms with van der Waals surface area (Å²) in [4.78, 5) is 16.4. The van der Waals surface area contributed by atoms with Crippen LogP contribution >= 0.6 is 0 Å². The van der Waals surface area contributed by atoms with Gasteiger partial charge in [-0.25, -0.2) is 4.79 Å². The Bertz CT molecular complexity index is 687. The summed E-state index contributed by atoms with van der Waals surface area (Å²) in [5.41, 5.74) is 1.08. The molecule has 0 bridgehead atoms. The van der Waals surface area contributed by atoms with Crippen LogP contribution in [-0.4, -0.2) is 35.4 Å². The van der Waals surface area contributed by atoms with Crippen molar-refractivity contribution in [3.8, 4) is 0 Å². The minimum absolute atomic E-state index is 0.0293. The summed E-state index contributed by atoms with van der Waals surface area (Å²) in [5.74, 6) is 1.45. The predicted molar refractivity (Wildman–Crippen MR) is 92.2 cm³/mol. The number of nitrogens with zero attached hydrogens (tertiary/aromatic N) is 2. The molecule has 1 aromatic carbocycles. The predicted octanol–water partition coefficient (Wildman–Crippen LogP) is 2.56. The molecule has 0 unspecified atom stereocenters. The molecule has 0 aliphatic carbocycles. The fourth-order valence-electron chi connectivity index (χ4n) is 2.82. The Hall–Kier alpha value is -2.41. The highest BCUT2D eigenvalue weighted by atomic mass is 16.5. The minimum Gasteiger partial charge on any atom is -0.371 e. The largest absolute Gasteiger partial charge is 0.371 e. The van der Waals surface area contributed by atoms with Crippen LogP contribution in [0.25, 0.3) is 0 Å². The van der Waals surface area contributed by atoms with Crippen molar-refractivity contribution in [3.05, 3.63) is 47.6 Å². The topological polar surface area (TPSA) is 89.3 Å². The number of rotatable bonds is 6. The first-order chi connectivity index (χ1) is 12.1. The number of carbonyl (C=O) groups is 1. The summed E-state index contributed by atoms with van der Waals surface area (Å²) in [5, 5.41) is 9.74. The zero-order valence-electron chi connectivity index (χ0n) is 14.6. The average molecular weight is 344 g/mol. The molecule has 7 heteroatoms. The Balaban J connectivity index is 1.45. The molecule has 134 valence electrons. The fourth-order valence-corrected chi connectivity index (χ4v) is 2.82. The second kappa shape index (κ2) is 8.11. The van der Waals surface area contributed by atoms with Gasteiger partial charge in [0, 0.05) is 25.5 Å². The molecular formula is C18H24N4O3. The quantitative estimate of drug-likeness (QED) is 0.841. The Labute approximate surface area is 147 Å². The lowest BCUT2D eigenvalue weighted by molar-refractivity contribution is 0.0999. The monoisotopic (exact) mass is 344 g/mol. The molecule has 1 fully saturated rings. The van der Waals surface area contributed by atoms with Gasteiger partial charge < -0.3 is 19.9 Å². The second-order valence-electron chi connectivity index (χ2n) is 6.45. The summed E-state index contributed by atoms with van der Waals surface area (Å²) < 4.78 is 10.9. The SMILES string of the molecule is CC(C)c1noc(CCNC(=O)N[C@@H]2CCO[C@@H]2c2ccccc2)n1. The highest BCUT2D eigenvalue weighted by Crippen LogP contribution is 2.28. The van der Waals surface area contributed by atoms with Crippen LogP contribution in [0.2, 0.25) is 0 Å². The highest BCUT2D eigenvalue weighted by molar-refractivity contribution is 5.74. The smallest absolute Gasteiger partial charge is 0.315 e. The lowest BCUT2D eigenvalue weighted by Crippen LogP contribution is -2.43. The van der Waals surface area contributed by atoms with Crippen molar-refractivity contribution < 1.29 is 14.1 Å². The Morgan fingerprint density at radius 1 is 1.32 bits per heavy atom. The first kappa shape index (κ1) is 17.4. The summed E-state index contributed by atoms with van der Waals surface area (Å²) in [7, 11) is 0. The van der Waals surface area contributed by atoms with Crippen LogP contribution in [0.4, 0.5) is 4.79 Å². The number of urea groups is 1. The van der Waals surface area contributed by atoms with Crippen molar-refractivity contribution in [1.82, 2.24) is 20.8 Å². The van der Waals surface area contributed by atoms with Gasteiger partial charge in [0.15, 0.2) is 5.82 Å². The zero-order valence-corrected chi connectivity index (χ0v) is 14.6. The third kappa shape index (κ3) is 4.57. The Morgan fingerprint density at radius 3 is 2.84 bits per heavy atom. The van der Waals surface area contributed by atoms with E-state index in [1.54, 1.807) is 0 Å². The van der Waals surface area contributed by atoms with Crippen LogP contribution in [0, 0.1) is 0 Å². The fraction of sp³-hybridized carbons (Fsp3) is 0.500. The van der Waals surface area contributed by atoms with Crippen molar-refractivity contribution in [2.24, 2.45) is 0 Å². The molecule has 2 atom stereocenters. The summed E-state index contributed by atoms with van der Waals surface area (Å²) in [6.45, 7) is 5.10. The number of aromatic nitrogens is 2. The number of ether oxygens (including phenoxy) is 1. The molecular weight excluding hydrogens is 320 g/mol. The maximum Gasteiger partial charge on any atom is 0.315 e. The van der Waals surface area contributed by atoms with E-state index >= 15 is 0 Å². The lowest BCUT2D eigenvalue weighted by atomic mass is 10.0. The third-order valence-corrected chi connectivity index (χ3v) is 4.16. The molecule has 2 amide bonds. The first-order valence-corrected chi connectivity index (χ1v) is 8.67. The van der Waals surface area contributed by atoms with Crippen molar-refractivity contribution >= 4 is 6.03 Å². The minimum atomic E-state index is -0.208. The van der Waals surface area contributed by atoms with Crippen molar-refractivity contribution in [2.75, 3.05) is 13.2 Å². The molecule has 3 rings (SSSR count). The molecule has 1 saturated heterocycles. The van der Waals surface area contributed by atoms with E-state index in [1.807, 2.05) is 44.2 Å². The molecule has 1 aliphatic rings. The van der Waals surface area contributed by atoms with Gasteiger partial charge in [-0.3, -0.25) is 0 Å². The van der Waals surface area contributed by atoms with Crippen molar-refractivity contribution in [2.45, 2.75) is 44.8 Å². The summed E-state index contributed by atoms with van der Waals surface area (Å²) in [6.07, 6.45) is 1.21. The van der Waals surface area contributed by atoms with E-state index in [4.69, 9.17) is 9.26 Å². The zero-order chi connectivity index (χ0) is 17.6. The molecule has 1 aromatic heterocycles. The molecule has 1 aliphatic heterocycles. The average Bonchev–Trinajstić information content (AvgIpc) is 3.25. The van der Waals surface area contributed by atoms with Gasteiger partial charge in [-0.2, -0.15) is 4.98 Å².